The molecule has 0 fully saturated rings. The fourth-order valence-corrected chi connectivity index (χ4v) is 2.22. The molecule has 0 atom stereocenters. The predicted octanol–water partition coefficient (Wildman–Crippen LogP) is 3.39. The van der Waals surface area contributed by atoms with Crippen molar-refractivity contribution in [3.8, 4) is 11.8 Å². The van der Waals surface area contributed by atoms with Gasteiger partial charge in [0.1, 0.15) is 12.4 Å². The average Bonchev–Trinajstić information content (AvgIpc) is 2.43. The summed E-state index contributed by atoms with van der Waals surface area (Å²) in [5.74, 6) is 0.749. The van der Waals surface area contributed by atoms with Gasteiger partial charge in [-0.05, 0) is 30.3 Å². The topological polar surface area (TPSA) is 71.1 Å². The van der Waals surface area contributed by atoms with Gasteiger partial charge in [-0.25, -0.2) is 0 Å². The van der Waals surface area contributed by atoms with Crippen LogP contribution in [0.2, 0.25) is 0 Å². The Hall–Kier alpha value is -2.19. The molecule has 0 aliphatic carbocycles. The average molecular weight is 332 g/mol. The Kier molecular flexibility index (Phi) is 4.85. The molecule has 0 radical (unpaired) electrons. The van der Waals surface area contributed by atoms with Crippen LogP contribution in [-0.4, -0.2) is 13.2 Å². The van der Waals surface area contributed by atoms with Crippen molar-refractivity contribution >= 4 is 27.3 Å². The first-order chi connectivity index (χ1) is 9.67. The van der Waals surface area contributed by atoms with Gasteiger partial charge in [0.05, 0.1) is 11.6 Å². The van der Waals surface area contributed by atoms with Crippen molar-refractivity contribution in [3.05, 3.63) is 52.5 Å². The van der Waals surface area contributed by atoms with Crippen LogP contribution in [0, 0.1) is 11.3 Å². The van der Waals surface area contributed by atoms with Crippen LogP contribution in [0.4, 0.5) is 11.4 Å². The Bertz CT molecular complexity index is 637. The molecular weight excluding hydrogens is 318 g/mol. The van der Waals surface area contributed by atoms with Gasteiger partial charge in [0.15, 0.2) is 0 Å². The summed E-state index contributed by atoms with van der Waals surface area (Å²) in [6, 6.07) is 14.9. The van der Waals surface area contributed by atoms with Crippen LogP contribution >= 0.6 is 15.9 Å². The SMILES string of the molecule is N#Cc1cc(Br)cc(NCCOc2cccc(N)c2)c1. The van der Waals surface area contributed by atoms with Crippen molar-refractivity contribution in [1.29, 1.82) is 5.26 Å². The summed E-state index contributed by atoms with van der Waals surface area (Å²) in [6.45, 7) is 1.15. The van der Waals surface area contributed by atoms with Crippen LogP contribution in [0.5, 0.6) is 5.75 Å². The zero-order chi connectivity index (χ0) is 14.4. The Labute approximate surface area is 126 Å². The summed E-state index contributed by atoms with van der Waals surface area (Å²) < 4.78 is 6.45. The third-order valence-electron chi connectivity index (χ3n) is 2.58. The van der Waals surface area contributed by atoms with E-state index in [-0.39, 0.29) is 0 Å². The smallest absolute Gasteiger partial charge is 0.121 e. The largest absolute Gasteiger partial charge is 0.492 e. The third kappa shape index (κ3) is 4.18. The highest BCUT2D eigenvalue weighted by Crippen LogP contribution is 2.19. The van der Waals surface area contributed by atoms with E-state index in [0.717, 1.165) is 15.9 Å². The highest BCUT2D eigenvalue weighted by atomic mass is 79.9. The fourth-order valence-electron chi connectivity index (χ4n) is 1.72. The lowest BCUT2D eigenvalue weighted by Crippen LogP contribution is -2.11. The lowest BCUT2D eigenvalue weighted by Gasteiger charge is -2.09. The van der Waals surface area contributed by atoms with Gasteiger partial charge in [-0.1, -0.05) is 22.0 Å². The molecule has 0 amide bonds. The Morgan fingerprint density at radius 3 is 2.85 bits per heavy atom. The number of rotatable bonds is 5. The molecule has 102 valence electrons. The summed E-state index contributed by atoms with van der Waals surface area (Å²) in [7, 11) is 0. The summed E-state index contributed by atoms with van der Waals surface area (Å²) >= 11 is 3.37. The van der Waals surface area contributed by atoms with Gasteiger partial charge in [0.2, 0.25) is 0 Å². The number of anilines is 2. The molecule has 0 saturated heterocycles. The molecule has 0 unspecified atom stereocenters. The summed E-state index contributed by atoms with van der Waals surface area (Å²) in [5.41, 5.74) is 7.84. The van der Waals surface area contributed by atoms with Crippen molar-refractivity contribution in [2.24, 2.45) is 0 Å². The zero-order valence-corrected chi connectivity index (χ0v) is 12.4. The second-order valence-corrected chi connectivity index (χ2v) is 5.10. The number of benzene rings is 2. The molecule has 0 heterocycles. The number of nitrogen functional groups attached to an aromatic ring is 1. The minimum atomic E-state index is 0.512. The van der Waals surface area contributed by atoms with Crippen molar-refractivity contribution < 1.29 is 4.74 Å². The molecule has 0 spiro atoms. The molecule has 20 heavy (non-hydrogen) atoms. The minimum Gasteiger partial charge on any atom is -0.492 e. The maximum Gasteiger partial charge on any atom is 0.121 e. The van der Waals surface area contributed by atoms with Crippen molar-refractivity contribution in [1.82, 2.24) is 0 Å². The first kappa shape index (κ1) is 14.2. The van der Waals surface area contributed by atoms with E-state index in [4.69, 9.17) is 15.7 Å². The maximum atomic E-state index is 8.90. The van der Waals surface area contributed by atoms with Gasteiger partial charge in [0.25, 0.3) is 0 Å². The van der Waals surface area contributed by atoms with E-state index in [2.05, 4.69) is 27.3 Å². The first-order valence-electron chi connectivity index (χ1n) is 6.10. The van der Waals surface area contributed by atoms with Crippen LogP contribution in [0.15, 0.2) is 46.9 Å². The van der Waals surface area contributed by atoms with Crippen molar-refractivity contribution in [2.75, 3.05) is 24.2 Å². The number of nitrogens with one attached hydrogen (secondary N) is 1. The van der Waals surface area contributed by atoms with Gasteiger partial charge in [-0.2, -0.15) is 5.26 Å². The van der Waals surface area contributed by atoms with E-state index in [1.807, 2.05) is 24.3 Å². The molecule has 2 aromatic rings. The normalized spacial score (nSPS) is 9.80. The standard InChI is InChI=1S/C15H14BrN3O/c16-12-6-11(10-17)7-14(8-12)19-4-5-20-15-3-1-2-13(18)9-15/h1-3,6-9,19H,4-5,18H2. The van der Waals surface area contributed by atoms with Gasteiger partial charge < -0.3 is 15.8 Å². The highest BCUT2D eigenvalue weighted by molar-refractivity contribution is 9.10. The summed E-state index contributed by atoms with van der Waals surface area (Å²) in [6.07, 6.45) is 0. The quantitative estimate of drug-likeness (QED) is 0.650. The van der Waals surface area contributed by atoms with E-state index in [1.54, 1.807) is 18.2 Å². The molecule has 4 nitrogen and oxygen atoms in total. The minimum absolute atomic E-state index is 0.512. The van der Waals surface area contributed by atoms with Crippen molar-refractivity contribution in [3.63, 3.8) is 0 Å². The van der Waals surface area contributed by atoms with Gasteiger partial charge >= 0.3 is 0 Å². The molecular formula is C15H14BrN3O. The van der Waals surface area contributed by atoms with E-state index >= 15 is 0 Å². The first-order valence-corrected chi connectivity index (χ1v) is 6.89. The van der Waals surface area contributed by atoms with Gasteiger partial charge in [-0.15, -0.1) is 0 Å². The number of halogens is 1. The monoisotopic (exact) mass is 331 g/mol. The number of nitrogens with zero attached hydrogens (tertiary/aromatic N) is 1. The highest BCUT2D eigenvalue weighted by Gasteiger charge is 1.99. The fraction of sp³-hybridized carbons (Fsp3) is 0.133. The van der Waals surface area contributed by atoms with Gasteiger partial charge in [0, 0.05) is 28.5 Å². The molecule has 5 heteroatoms. The molecule has 0 saturated carbocycles. The molecule has 0 aliphatic rings. The van der Waals surface area contributed by atoms with E-state index in [9.17, 15) is 0 Å². The number of hydrogen-bond acceptors (Lipinski definition) is 4. The van der Waals surface area contributed by atoms with Crippen molar-refractivity contribution in [2.45, 2.75) is 0 Å². The molecule has 3 N–H and O–H groups in total. The van der Waals surface area contributed by atoms with Crippen LogP contribution in [0.3, 0.4) is 0 Å². The Morgan fingerprint density at radius 2 is 2.10 bits per heavy atom. The number of hydrogen-bond donors (Lipinski definition) is 2. The van der Waals surface area contributed by atoms with E-state index in [0.29, 0.717) is 24.4 Å². The predicted molar refractivity (Wildman–Crippen MR) is 83.7 cm³/mol. The lowest BCUT2D eigenvalue weighted by molar-refractivity contribution is 0.333. The maximum absolute atomic E-state index is 8.90. The summed E-state index contributed by atoms with van der Waals surface area (Å²) in [5, 5.41) is 12.1. The second kappa shape index (κ2) is 6.83. The van der Waals surface area contributed by atoms with Crippen LogP contribution in [-0.2, 0) is 0 Å². The molecule has 0 aliphatic heterocycles. The van der Waals surface area contributed by atoms with Crippen LogP contribution in [0.25, 0.3) is 0 Å². The molecule has 2 aromatic carbocycles. The molecule has 0 bridgehead atoms. The lowest BCUT2D eigenvalue weighted by atomic mass is 10.2. The van der Waals surface area contributed by atoms with E-state index < -0.39 is 0 Å². The third-order valence-corrected chi connectivity index (χ3v) is 3.04. The second-order valence-electron chi connectivity index (χ2n) is 4.19. The molecule has 2 rings (SSSR count). The number of nitrogens with two attached hydrogens (primary N) is 1. The summed E-state index contributed by atoms with van der Waals surface area (Å²) in [4.78, 5) is 0. The Balaban J connectivity index is 1.84. The van der Waals surface area contributed by atoms with Gasteiger partial charge in [-0.3, -0.25) is 0 Å². The number of ether oxygens (including phenoxy) is 1. The number of nitriles is 1. The Morgan fingerprint density at radius 1 is 1.25 bits per heavy atom. The zero-order valence-electron chi connectivity index (χ0n) is 10.8. The van der Waals surface area contributed by atoms with E-state index in [1.165, 1.54) is 0 Å². The van der Waals surface area contributed by atoms with Crippen LogP contribution < -0.4 is 15.8 Å². The molecule has 0 aromatic heterocycles. The van der Waals surface area contributed by atoms with Crippen LogP contribution in [0.1, 0.15) is 5.56 Å².